The fourth-order valence-corrected chi connectivity index (χ4v) is 0.931. The van der Waals surface area contributed by atoms with Gasteiger partial charge in [-0.2, -0.15) is 0 Å². The van der Waals surface area contributed by atoms with Gasteiger partial charge in [0.2, 0.25) is 0 Å². The summed E-state index contributed by atoms with van der Waals surface area (Å²) in [4.78, 5) is 0. The molecule has 2 nitrogen and oxygen atoms in total. The van der Waals surface area contributed by atoms with Crippen molar-refractivity contribution < 1.29 is 9.84 Å². The first-order valence-corrected chi connectivity index (χ1v) is 4.95. The molecule has 0 fully saturated rings. The monoisotopic (exact) mass is 188 g/mol. The van der Waals surface area contributed by atoms with Gasteiger partial charge in [0.05, 0.1) is 0 Å². The molecule has 1 N–H and O–H groups in total. The van der Waals surface area contributed by atoms with Crippen molar-refractivity contribution in [1.82, 2.24) is 0 Å². The average Bonchev–Trinajstić information content (AvgIpc) is 2.13. The molecular formula is C11H24O2. The molecule has 2 heteroatoms. The van der Waals surface area contributed by atoms with E-state index in [9.17, 15) is 0 Å². The van der Waals surface area contributed by atoms with Gasteiger partial charge < -0.3 is 9.84 Å². The van der Waals surface area contributed by atoms with Crippen LogP contribution in [-0.4, -0.2) is 25.9 Å². The van der Waals surface area contributed by atoms with Gasteiger partial charge in [0, 0.05) is 20.8 Å². The first-order valence-electron chi connectivity index (χ1n) is 4.95. The number of hydrogen-bond donors (Lipinski definition) is 1. The third kappa shape index (κ3) is 24.5. The summed E-state index contributed by atoms with van der Waals surface area (Å²) < 4.78 is 4.25. The first-order chi connectivity index (χ1) is 6.33. The number of aliphatic hydroxyl groups is 1. The number of methoxy groups -OCH3 is 1. The van der Waals surface area contributed by atoms with Crippen LogP contribution in [0.4, 0.5) is 0 Å². The Bertz CT molecular complexity index is 82.2. The second-order valence-electron chi connectivity index (χ2n) is 2.98. The van der Waals surface area contributed by atoms with E-state index in [2.05, 4.69) is 11.3 Å². The predicted molar refractivity (Wildman–Crippen MR) is 57.9 cm³/mol. The van der Waals surface area contributed by atoms with Crippen molar-refractivity contribution in [3.8, 4) is 0 Å². The minimum Gasteiger partial charge on any atom is -0.396 e. The first kappa shape index (κ1) is 15.1. The molecule has 0 aromatic rings. The van der Waals surface area contributed by atoms with Gasteiger partial charge in [-0.1, -0.05) is 25.3 Å². The lowest BCUT2D eigenvalue weighted by Gasteiger charge is -1.96. The third-order valence-corrected chi connectivity index (χ3v) is 1.57. The molecule has 0 radical (unpaired) electrons. The van der Waals surface area contributed by atoms with Crippen LogP contribution in [0.1, 0.15) is 38.5 Å². The minimum absolute atomic E-state index is 0.349. The lowest BCUT2D eigenvalue weighted by atomic mass is 10.1. The minimum atomic E-state index is 0.349. The van der Waals surface area contributed by atoms with Crippen LogP contribution in [0.3, 0.4) is 0 Å². The molecular weight excluding hydrogens is 164 g/mol. The third-order valence-electron chi connectivity index (χ3n) is 1.57. The number of hydrogen-bond acceptors (Lipinski definition) is 2. The van der Waals surface area contributed by atoms with Gasteiger partial charge in [0.15, 0.2) is 0 Å². The molecule has 13 heavy (non-hydrogen) atoms. The Morgan fingerprint density at radius 2 is 1.54 bits per heavy atom. The van der Waals surface area contributed by atoms with Crippen LogP contribution in [0.5, 0.6) is 0 Å². The van der Waals surface area contributed by atoms with Gasteiger partial charge in [0.25, 0.3) is 0 Å². The van der Waals surface area contributed by atoms with Crippen LogP contribution >= 0.6 is 0 Å². The SMILES string of the molecule is C=CCCCCCCCO.COC. The maximum atomic E-state index is 8.45. The van der Waals surface area contributed by atoms with E-state index in [1.807, 2.05) is 6.08 Å². The highest BCUT2D eigenvalue weighted by Gasteiger charge is 1.87. The van der Waals surface area contributed by atoms with E-state index in [0.717, 1.165) is 12.8 Å². The van der Waals surface area contributed by atoms with Crippen LogP contribution in [0.15, 0.2) is 12.7 Å². The topological polar surface area (TPSA) is 29.5 Å². The van der Waals surface area contributed by atoms with E-state index in [0.29, 0.717) is 6.61 Å². The van der Waals surface area contributed by atoms with E-state index >= 15 is 0 Å². The summed E-state index contributed by atoms with van der Waals surface area (Å²) in [6.07, 6.45) is 9.04. The summed E-state index contributed by atoms with van der Waals surface area (Å²) >= 11 is 0. The summed E-state index contributed by atoms with van der Waals surface area (Å²) in [6, 6.07) is 0. The van der Waals surface area contributed by atoms with Crippen molar-refractivity contribution in [3.63, 3.8) is 0 Å². The predicted octanol–water partition coefficient (Wildman–Crippen LogP) is 2.77. The zero-order valence-corrected chi connectivity index (χ0v) is 9.09. The van der Waals surface area contributed by atoms with Crippen molar-refractivity contribution in [2.45, 2.75) is 38.5 Å². The zero-order chi connectivity index (χ0) is 10.4. The molecule has 0 aliphatic rings. The normalized spacial score (nSPS) is 8.85. The van der Waals surface area contributed by atoms with E-state index < -0.39 is 0 Å². The highest BCUT2D eigenvalue weighted by Crippen LogP contribution is 2.04. The summed E-state index contributed by atoms with van der Waals surface area (Å²) in [7, 11) is 3.25. The van der Waals surface area contributed by atoms with Gasteiger partial charge in [0.1, 0.15) is 0 Å². The molecule has 0 aromatic heterocycles. The van der Waals surface area contributed by atoms with E-state index in [-0.39, 0.29) is 0 Å². The molecule has 0 unspecified atom stereocenters. The second-order valence-corrected chi connectivity index (χ2v) is 2.98. The van der Waals surface area contributed by atoms with Gasteiger partial charge in [-0.3, -0.25) is 0 Å². The summed E-state index contributed by atoms with van der Waals surface area (Å²) in [5.74, 6) is 0. The van der Waals surface area contributed by atoms with E-state index in [1.165, 1.54) is 25.7 Å². The lowest BCUT2D eigenvalue weighted by molar-refractivity contribution is 0.277. The Morgan fingerprint density at radius 3 is 2.00 bits per heavy atom. The quantitative estimate of drug-likeness (QED) is 0.492. The fourth-order valence-electron chi connectivity index (χ4n) is 0.931. The molecule has 0 aliphatic carbocycles. The highest BCUT2D eigenvalue weighted by molar-refractivity contribution is 4.65. The van der Waals surface area contributed by atoms with Crippen molar-refractivity contribution >= 4 is 0 Å². The maximum Gasteiger partial charge on any atom is 0.0431 e. The number of ether oxygens (including phenoxy) is 1. The number of unbranched alkanes of at least 4 members (excludes halogenated alkanes) is 5. The van der Waals surface area contributed by atoms with Gasteiger partial charge in [-0.25, -0.2) is 0 Å². The average molecular weight is 188 g/mol. The van der Waals surface area contributed by atoms with Gasteiger partial charge in [-0.05, 0) is 19.3 Å². The summed E-state index contributed by atoms with van der Waals surface area (Å²) in [5.41, 5.74) is 0. The van der Waals surface area contributed by atoms with Crippen LogP contribution in [0.2, 0.25) is 0 Å². The standard InChI is InChI=1S/C9H18O.C2H6O/c1-2-3-4-5-6-7-8-9-10;1-3-2/h2,10H,1,3-9H2;1-2H3. The number of rotatable bonds is 7. The molecule has 0 spiro atoms. The van der Waals surface area contributed by atoms with Crippen molar-refractivity contribution in [2.24, 2.45) is 0 Å². The molecule has 0 saturated carbocycles. The van der Waals surface area contributed by atoms with Crippen LogP contribution < -0.4 is 0 Å². The summed E-state index contributed by atoms with van der Waals surface area (Å²) in [5, 5.41) is 8.45. The Morgan fingerprint density at radius 1 is 1.08 bits per heavy atom. The number of allylic oxidation sites excluding steroid dienone is 1. The Kier molecular flexibility index (Phi) is 20.6. The molecule has 0 atom stereocenters. The zero-order valence-electron chi connectivity index (χ0n) is 9.09. The Balaban J connectivity index is 0. The maximum absolute atomic E-state index is 8.45. The second kappa shape index (κ2) is 17.7. The fraction of sp³-hybridized carbons (Fsp3) is 0.818. The van der Waals surface area contributed by atoms with Crippen LogP contribution in [0, 0.1) is 0 Å². The number of aliphatic hydroxyl groups excluding tert-OH is 1. The summed E-state index contributed by atoms with van der Waals surface area (Å²) in [6.45, 7) is 4.00. The van der Waals surface area contributed by atoms with Gasteiger partial charge >= 0.3 is 0 Å². The van der Waals surface area contributed by atoms with E-state index in [1.54, 1.807) is 14.2 Å². The largest absolute Gasteiger partial charge is 0.396 e. The van der Waals surface area contributed by atoms with Crippen molar-refractivity contribution in [2.75, 3.05) is 20.8 Å². The van der Waals surface area contributed by atoms with Crippen molar-refractivity contribution in [1.29, 1.82) is 0 Å². The molecule has 0 heterocycles. The molecule has 0 saturated heterocycles. The molecule has 0 bridgehead atoms. The molecule has 0 rings (SSSR count). The molecule has 0 aliphatic heterocycles. The van der Waals surface area contributed by atoms with Crippen molar-refractivity contribution in [3.05, 3.63) is 12.7 Å². The molecule has 80 valence electrons. The Hall–Kier alpha value is -0.340. The smallest absolute Gasteiger partial charge is 0.0431 e. The van der Waals surface area contributed by atoms with Crippen LogP contribution in [0.25, 0.3) is 0 Å². The molecule has 0 aromatic carbocycles. The van der Waals surface area contributed by atoms with E-state index in [4.69, 9.17) is 5.11 Å². The Labute approximate surface area is 82.6 Å². The van der Waals surface area contributed by atoms with Crippen LogP contribution in [-0.2, 0) is 4.74 Å². The highest BCUT2D eigenvalue weighted by atomic mass is 16.4. The lowest BCUT2D eigenvalue weighted by Crippen LogP contribution is -1.82. The molecule has 0 amide bonds. The van der Waals surface area contributed by atoms with Gasteiger partial charge in [-0.15, -0.1) is 6.58 Å².